The van der Waals surface area contributed by atoms with Gasteiger partial charge in [0.15, 0.2) is 0 Å². The second-order valence-corrected chi connectivity index (χ2v) is 3.53. The highest BCUT2D eigenvalue weighted by Crippen LogP contribution is 2.20. The molecule has 0 aliphatic heterocycles. The number of rotatable bonds is 0. The monoisotopic (exact) mass is 139 g/mol. The Hall–Kier alpha value is -0.300. The molecule has 0 aromatic heterocycles. The fourth-order valence-corrected chi connectivity index (χ4v) is 1.63. The Morgan fingerprint density at radius 1 is 1.50 bits per heavy atom. The van der Waals surface area contributed by atoms with E-state index in [0.29, 0.717) is 6.04 Å². The van der Waals surface area contributed by atoms with Crippen molar-refractivity contribution in [2.24, 2.45) is 11.7 Å². The standard InChI is InChI=1S/C9H17N/c1-7-3-4-9(10)6-8(2)5-7/h5,7,9H,3-4,6,10H2,1-2H3. The molecule has 1 heteroatoms. The lowest BCUT2D eigenvalue weighted by Crippen LogP contribution is -2.18. The van der Waals surface area contributed by atoms with Gasteiger partial charge in [-0.05, 0) is 32.1 Å². The summed E-state index contributed by atoms with van der Waals surface area (Å²) in [6.45, 7) is 4.45. The van der Waals surface area contributed by atoms with Gasteiger partial charge < -0.3 is 5.73 Å². The molecule has 0 fully saturated rings. The predicted octanol–water partition coefficient (Wildman–Crippen LogP) is 2.08. The van der Waals surface area contributed by atoms with Crippen molar-refractivity contribution in [3.63, 3.8) is 0 Å². The molecule has 2 unspecified atom stereocenters. The fourth-order valence-electron chi connectivity index (χ4n) is 1.63. The number of hydrogen-bond acceptors (Lipinski definition) is 1. The maximum Gasteiger partial charge on any atom is 0.00761 e. The maximum atomic E-state index is 5.85. The average Bonchev–Trinajstić information content (AvgIpc) is 1.93. The summed E-state index contributed by atoms with van der Waals surface area (Å²) in [5.41, 5.74) is 7.32. The van der Waals surface area contributed by atoms with Crippen LogP contribution in [0.5, 0.6) is 0 Å². The third-order valence-electron chi connectivity index (χ3n) is 2.15. The Morgan fingerprint density at radius 2 is 2.20 bits per heavy atom. The summed E-state index contributed by atoms with van der Waals surface area (Å²) in [7, 11) is 0. The lowest BCUT2D eigenvalue weighted by molar-refractivity contribution is 0.546. The SMILES string of the molecule is CC1=CC(C)CCC(N)C1. The Bertz CT molecular complexity index is 138. The van der Waals surface area contributed by atoms with E-state index in [9.17, 15) is 0 Å². The third-order valence-corrected chi connectivity index (χ3v) is 2.15. The van der Waals surface area contributed by atoms with Crippen LogP contribution in [0.2, 0.25) is 0 Å². The lowest BCUT2D eigenvalue weighted by atomic mass is 10.1. The number of nitrogens with two attached hydrogens (primary N) is 1. The molecule has 0 aromatic carbocycles. The van der Waals surface area contributed by atoms with Gasteiger partial charge in [0.2, 0.25) is 0 Å². The lowest BCUT2D eigenvalue weighted by Gasteiger charge is -2.06. The van der Waals surface area contributed by atoms with E-state index in [2.05, 4.69) is 19.9 Å². The molecule has 10 heavy (non-hydrogen) atoms. The second kappa shape index (κ2) is 3.20. The van der Waals surface area contributed by atoms with Crippen LogP contribution in [-0.2, 0) is 0 Å². The molecule has 1 nitrogen and oxygen atoms in total. The van der Waals surface area contributed by atoms with Crippen molar-refractivity contribution in [2.45, 2.75) is 39.2 Å². The zero-order chi connectivity index (χ0) is 7.56. The Morgan fingerprint density at radius 3 is 2.90 bits per heavy atom. The molecule has 0 amide bonds. The smallest absolute Gasteiger partial charge is 0.00761 e. The minimum absolute atomic E-state index is 0.418. The van der Waals surface area contributed by atoms with Gasteiger partial charge >= 0.3 is 0 Å². The molecular formula is C9H17N. The van der Waals surface area contributed by atoms with E-state index in [0.717, 1.165) is 12.3 Å². The van der Waals surface area contributed by atoms with Gasteiger partial charge in [-0.25, -0.2) is 0 Å². The van der Waals surface area contributed by atoms with Gasteiger partial charge in [0, 0.05) is 6.04 Å². The number of hydrogen-bond donors (Lipinski definition) is 1. The molecule has 0 bridgehead atoms. The Balaban J connectivity index is 2.55. The van der Waals surface area contributed by atoms with E-state index in [4.69, 9.17) is 5.73 Å². The van der Waals surface area contributed by atoms with Crippen LogP contribution in [0.4, 0.5) is 0 Å². The van der Waals surface area contributed by atoms with Crippen LogP contribution in [0.25, 0.3) is 0 Å². The van der Waals surface area contributed by atoms with Crippen LogP contribution < -0.4 is 5.73 Å². The van der Waals surface area contributed by atoms with Crippen LogP contribution >= 0.6 is 0 Å². The molecule has 0 saturated carbocycles. The van der Waals surface area contributed by atoms with Crippen LogP contribution in [0.3, 0.4) is 0 Å². The minimum Gasteiger partial charge on any atom is -0.327 e. The Kier molecular flexibility index (Phi) is 2.50. The van der Waals surface area contributed by atoms with E-state index in [1.54, 1.807) is 0 Å². The van der Waals surface area contributed by atoms with E-state index in [-0.39, 0.29) is 0 Å². The van der Waals surface area contributed by atoms with Gasteiger partial charge in [0.25, 0.3) is 0 Å². The number of allylic oxidation sites excluding steroid dienone is 1. The van der Waals surface area contributed by atoms with Crippen molar-refractivity contribution in [1.82, 2.24) is 0 Å². The average molecular weight is 139 g/mol. The molecular weight excluding hydrogens is 122 g/mol. The van der Waals surface area contributed by atoms with Crippen LogP contribution in [0.15, 0.2) is 11.6 Å². The van der Waals surface area contributed by atoms with Crippen molar-refractivity contribution in [3.05, 3.63) is 11.6 Å². The highest BCUT2D eigenvalue weighted by atomic mass is 14.6. The molecule has 1 rings (SSSR count). The quantitative estimate of drug-likeness (QED) is 0.511. The molecule has 0 saturated heterocycles. The summed E-state index contributed by atoms with van der Waals surface area (Å²) >= 11 is 0. The van der Waals surface area contributed by atoms with Crippen molar-refractivity contribution in [3.8, 4) is 0 Å². The van der Waals surface area contributed by atoms with Crippen molar-refractivity contribution < 1.29 is 0 Å². The Labute approximate surface area is 63.3 Å². The summed E-state index contributed by atoms with van der Waals surface area (Å²) in [6.07, 6.45) is 5.91. The molecule has 0 heterocycles. The highest BCUT2D eigenvalue weighted by Gasteiger charge is 2.10. The molecule has 1 aliphatic carbocycles. The van der Waals surface area contributed by atoms with Gasteiger partial charge in [-0.15, -0.1) is 0 Å². The molecule has 1 aliphatic rings. The van der Waals surface area contributed by atoms with E-state index in [1.807, 2.05) is 0 Å². The van der Waals surface area contributed by atoms with Gasteiger partial charge in [-0.2, -0.15) is 0 Å². The first kappa shape index (κ1) is 7.80. The van der Waals surface area contributed by atoms with E-state index >= 15 is 0 Å². The van der Waals surface area contributed by atoms with Gasteiger partial charge in [0.05, 0.1) is 0 Å². The minimum atomic E-state index is 0.418. The summed E-state index contributed by atoms with van der Waals surface area (Å²) < 4.78 is 0. The summed E-state index contributed by atoms with van der Waals surface area (Å²) in [4.78, 5) is 0. The summed E-state index contributed by atoms with van der Waals surface area (Å²) in [5, 5.41) is 0. The second-order valence-electron chi connectivity index (χ2n) is 3.53. The van der Waals surface area contributed by atoms with Crippen LogP contribution in [-0.4, -0.2) is 6.04 Å². The zero-order valence-corrected chi connectivity index (χ0v) is 6.93. The molecule has 2 N–H and O–H groups in total. The molecule has 0 radical (unpaired) electrons. The molecule has 0 aromatic rings. The first-order valence-electron chi connectivity index (χ1n) is 4.11. The van der Waals surface area contributed by atoms with Gasteiger partial charge in [0.1, 0.15) is 0 Å². The fraction of sp³-hybridized carbons (Fsp3) is 0.778. The maximum absolute atomic E-state index is 5.85. The van der Waals surface area contributed by atoms with Crippen LogP contribution in [0, 0.1) is 5.92 Å². The van der Waals surface area contributed by atoms with Crippen molar-refractivity contribution in [1.29, 1.82) is 0 Å². The topological polar surface area (TPSA) is 26.0 Å². The zero-order valence-electron chi connectivity index (χ0n) is 6.93. The summed E-state index contributed by atoms with van der Waals surface area (Å²) in [6, 6.07) is 0.418. The van der Waals surface area contributed by atoms with Gasteiger partial charge in [-0.1, -0.05) is 18.6 Å². The highest BCUT2D eigenvalue weighted by molar-refractivity contribution is 5.04. The predicted molar refractivity (Wildman–Crippen MR) is 44.7 cm³/mol. The molecule has 0 spiro atoms. The third kappa shape index (κ3) is 2.14. The van der Waals surface area contributed by atoms with Crippen molar-refractivity contribution in [2.75, 3.05) is 0 Å². The van der Waals surface area contributed by atoms with Gasteiger partial charge in [-0.3, -0.25) is 0 Å². The van der Waals surface area contributed by atoms with Crippen LogP contribution in [0.1, 0.15) is 33.1 Å². The first-order chi connectivity index (χ1) is 4.68. The molecule has 2 atom stereocenters. The van der Waals surface area contributed by atoms with E-state index in [1.165, 1.54) is 18.4 Å². The molecule has 58 valence electrons. The normalized spacial score (nSPS) is 34.9. The van der Waals surface area contributed by atoms with Crippen molar-refractivity contribution >= 4 is 0 Å². The summed E-state index contributed by atoms with van der Waals surface area (Å²) in [5.74, 6) is 0.744. The van der Waals surface area contributed by atoms with E-state index < -0.39 is 0 Å². The largest absolute Gasteiger partial charge is 0.327 e. The first-order valence-corrected chi connectivity index (χ1v) is 4.11.